The zero-order valence-electron chi connectivity index (χ0n) is 7.56. The van der Waals surface area contributed by atoms with Crippen molar-refractivity contribution in [3.05, 3.63) is 33.3 Å². The Labute approximate surface area is 92.4 Å². The summed E-state index contributed by atoms with van der Waals surface area (Å²) in [5.41, 5.74) is 6.91. The molecule has 0 aromatic heterocycles. The lowest BCUT2D eigenvalue weighted by molar-refractivity contribution is 0.665. The van der Waals surface area contributed by atoms with Crippen molar-refractivity contribution in [3.8, 4) is 0 Å². The molecule has 0 unspecified atom stereocenters. The van der Waals surface area contributed by atoms with Gasteiger partial charge in [-0.05, 0) is 43.5 Å². The zero-order valence-corrected chi connectivity index (χ0v) is 9.90. The van der Waals surface area contributed by atoms with Gasteiger partial charge in [-0.25, -0.2) is 0 Å². The minimum absolute atomic E-state index is 0.242. The molecule has 1 aromatic carbocycles. The molecule has 3 heteroatoms. The number of hydrogen-bond donors (Lipinski definition) is 1. The zero-order chi connectivity index (χ0) is 9.84. The molecule has 0 aliphatic heterocycles. The third kappa shape index (κ3) is 3.67. The van der Waals surface area contributed by atoms with E-state index < -0.39 is 0 Å². The molecule has 0 aliphatic rings. The molecule has 1 nitrogen and oxygen atoms in total. The van der Waals surface area contributed by atoms with E-state index in [0.29, 0.717) is 0 Å². The highest BCUT2D eigenvalue weighted by Gasteiger charge is 2.02. The molecule has 1 aromatic rings. The molecule has 0 fully saturated rings. The van der Waals surface area contributed by atoms with Crippen molar-refractivity contribution in [3.63, 3.8) is 0 Å². The third-order valence-electron chi connectivity index (χ3n) is 1.88. The quantitative estimate of drug-likeness (QED) is 0.888. The number of aryl methyl sites for hydroxylation is 1. The van der Waals surface area contributed by atoms with Gasteiger partial charge >= 0.3 is 0 Å². The highest BCUT2D eigenvalue weighted by atomic mass is 79.9. The maximum Gasteiger partial charge on any atom is 0.0409 e. The summed E-state index contributed by atoms with van der Waals surface area (Å²) in [5.74, 6) is 0. The molecule has 0 spiro atoms. The van der Waals surface area contributed by atoms with Gasteiger partial charge in [0.2, 0.25) is 0 Å². The molecule has 1 atom stereocenters. The molecule has 0 aliphatic carbocycles. The first-order valence-corrected chi connectivity index (χ1v) is 5.46. The highest BCUT2D eigenvalue weighted by Crippen LogP contribution is 2.22. The van der Waals surface area contributed by atoms with Gasteiger partial charge in [-0.15, -0.1) is 0 Å². The van der Waals surface area contributed by atoms with Crippen molar-refractivity contribution in [2.24, 2.45) is 5.73 Å². The van der Waals surface area contributed by atoms with Crippen molar-refractivity contribution in [1.29, 1.82) is 0 Å². The van der Waals surface area contributed by atoms with Crippen molar-refractivity contribution in [2.45, 2.75) is 25.8 Å². The maximum absolute atomic E-state index is 5.88. The Morgan fingerprint density at radius 2 is 2.23 bits per heavy atom. The summed E-state index contributed by atoms with van der Waals surface area (Å²) < 4.78 is 1.11. The van der Waals surface area contributed by atoms with Gasteiger partial charge in [-0.3, -0.25) is 0 Å². The molecular formula is C10H13BrClN. The van der Waals surface area contributed by atoms with E-state index in [9.17, 15) is 0 Å². The second-order valence-corrected chi connectivity index (χ2v) is 4.54. The van der Waals surface area contributed by atoms with Crippen LogP contribution < -0.4 is 5.73 Å². The lowest BCUT2D eigenvalue weighted by atomic mass is 10.1. The maximum atomic E-state index is 5.88. The van der Waals surface area contributed by atoms with E-state index in [-0.39, 0.29) is 6.04 Å². The summed E-state index contributed by atoms with van der Waals surface area (Å²) >= 11 is 9.36. The first-order chi connectivity index (χ1) is 6.09. The summed E-state index contributed by atoms with van der Waals surface area (Å²) in [6.07, 6.45) is 1.96. The van der Waals surface area contributed by atoms with Crippen LogP contribution in [0.3, 0.4) is 0 Å². The molecule has 1 rings (SSSR count). The molecule has 0 radical (unpaired) electrons. The normalized spacial score (nSPS) is 12.9. The molecule has 0 bridgehead atoms. The van der Waals surface area contributed by atoms with Gasteiger partial charge in [0.1, 0.15) is 0 Å². The van der Waals surface area contributed by atoms with E-state index in [2.05, 4.69) is 15.9 Å². The average Bonchev–Trinajstić information content (AvgIpc) is 2.06. The standard InChI is InChI=1S/C10H13BrClN/c1-7(13)2-3-8-6-9(12)4-5-10(8)11/h4-7H,2-3,13H2,1H3/t7-/m0/s1. The van der Waals surface area contributed by atoms with Gasteiger partial charge in [0.15, 0.2) is 0 Å². The van der Waals surface area contributed by atoms with E-state index in [1.165, 1.54) is 5.56 Å². The van der Waals surface area contributed by atoms with E-state index in [0.717, 1.165) is 22.3 Å². The van der Waals surface area contributed by atoms with Gasteiger partial charge in [-0.1, -0.05) is 27.5 Å². The Bertz CT molecular complexity index is 286. The monoisotopic (exact) mass is 261 g/mol. The SMILES string of the molecule is C[C@H](N)CCc1cc(Cl)ccc1Br. The topological polar surface area (TPSA) is 26.0 Å². The molecule has 13 heavy (non-hydrogen) atoms. The molecular weight excluding hydrogens is 249 g/mol. The van der Waals surface area contributed by atoms with Gasteiger partial charge < -0.3 is 5.73 Å². The summed E-state index contributed by atoms with van der Waals surface area (Å²) in [7, 11) is 0. The molecule has 0 saturated carbocycles. The van der Waals surface area contributed by atoms with E-state index >= 15 is 0 Å². The van der Waals surface area contributed by atoms with Crippen LogP contribution in [0, 0.1) is 0 Å². The van der Waals surface area contributed by atoms with Crippen LogP contribution in [0.5, 0.6) is 0 Å². The average molecular weight is 263 g/mol. The largest absolute Gasteiger partial charge is 0.328 e. The van der Waals surface area contributed by atoms with Crippen LogP contribution in [0.25, 0.3) is 0 Å². The second-order valence-electron chi connectivity index (χ2n) is 3.25. The van der Waals surface area contributed by atoms with Gasteiger partial charge in [-0.2, -0.15) is 0 Å². The summed E-state index contributed by atoms with van der Waals surface area (Å²) in [5, 5.41) is 0.780. The van der Waals surface area contributed by atoms with Crippen molar-refractivity contribution in [1.82, 2.24) is 0 Å². The fourth-order valence-corrected chi connectivity index (χ4v) is 1.76. The Balaban J connectivity index is 2.70. The Morgan fingerprint density at radius 3 is 2.85 bits per heavy atom. The van der Waals surface area contributed by atoms with Crippen LogP contribution in [0.1, 0.15) is 18.9 Å². The Hall–Kier alpha value is -0.0500. The fraction of sp³-hybridized carbons (Fsp3) is 0.400. The molecule has 2 N–H and O–H groups in total. The lowest BCUT2D eigenvalue weighted by Gasteiger charge is -2.07. The Kier molecular flexibility index (Phi) is 4.23. The number of hydrogen-bond acceptors (Lipinski definition) is 1. The van der Waals surface area contributed by atoms with Gasteiger partial charge in [0.05, 0.1) is 0 Å². The fourth-order valence-electron chi connectivity index (χ4n) is 1.12. The van der Waals surface area contributed by atoms with Gasteiger partial charge in [0.25, 0.3) is 0 Å². The predicted octanol–water partition coefficient (Wildman–Crippen LogP) is 3.38. The van der Waals surface area contributed by atoms with Crippen molar-refractivity contribution >= 4 is 27.5 Å². The molecule has 0 saturated heterocycles. The predicted molar refractivity (Wildman–Crippen MR) is 61.1 cm³/mol. The van der Waals surface area contributed by atoms with Gasteiger partial charge in [0, 0.05) is 15.5 Å². The molecule has 0 heterocycles. The highest BCUT2D eigenvalue weighted by molar-refractivity contribution is 9.10. The van der Waals surface area contributed by atoms with Crippen LogP contribution in [0.4, 0.5) is 0 Å². The van der Waals surface area contributed by atoms with Crippen LogP contribution in [0.2, 0.25) is 5.02 Å². The molecule has 0 amide bonds. The number of rotatable bonds is 3. The smallest absolute Gasteiger partial charge is 0.0409 e. The number of halogens is 2. The van der Waals surface area contributed by atoms with E-state index in [1.54, 1.807) is 0 Å². The number of benzene rings is 1. The summed E-state index contributed by atoms with van der Waals surface area (Å²) in [6, 6.07) is 6.07. The summed E-state index contributed by atoms with van der Waals surface area (Å²) in [4.78, 5) is 0. The van der Waals surface area contributed by atoms with Crippen molar-refractivity contribution < 1.29 is 0 Å². The molecule has 72 valence electrons. The Morgan fingerprint density at radius 1 is 1.54 bits per heavy atom. The van der Waals surface area contributed by atoms with Crippen LogP contribution in [-0.2, 0) is 6.42 Å². The number of nitrogens with two attached hydrogens (primary N) is 1. The van der Waals surface area contributed by atoms with Crippen molar-refractivity contribution in [2.75, 3.05) is 0 Å². The third-order valence-corrected chi connectivity index (χ3v) is 2.89. The van der Waals surface area contributed by atoms with Crippen LogP contribution in [0.15, 0.2) is 22.7 Å². The van der Waals surface area contributed by atoms with Crippen LogP contribution >= 0.6 is 27.5 Å². The van der Waals surface area contributed by atoms with E-state index in [1.807, 2.05) is 25.1 Å². The second kappa shape index (κ2) is 4.99. The summed E-state index contributed by atoms with van der Waals surface area (Å²) in [6.45, 7) is 2.01. The first kappa shape index (κ1) is 11.0. The van der Waals surface area contributed by atoms with E-state index in [4.69, 9.17) is 17.3 Å². The lowest BCUT2D eigenvalue weighted by Crippen LogP contribution is -2.15. The first-order valence-electron chi connectivity index (χ1n) is 4.29. The minimum Gasteiger partial charge on any atom is -0.328 e. The minimum atomic E-state index is 0.242. The van der Waals surface area contributed by atoms with Crippen LogP contribution in [-0.4, -0.2) is 6.04 Å².